The lowest BCUT2D eigenvalue weighted by molar-refractivity contribution is -0.125. The smallest absolute Gasteiger partial charge is 0.324 e. The fourth-order valence-electron chi connectivity index (χ4n) is 4.09. The third-order valence-corrected chi connectivity index (χ3v) is 5.74. The summed E-state index contributed by atoms with van der Waals surface area (Å²) in [6.45, 7) is 2.06. The lowest BCUT2D eigenvalue weighted by Gasteiger charge is -2.17. The molecule has 2 saturated heterocycles. The minimum absolute atomic E-state index is 0. The Morgan fingerprint density at radius 3 is 2.33 bits per heavy atom. The van der Waals surface area contributed by atoms with E-state index in [0.29, 0.717) is 25.2 Å². The first-order valence-corrected chi connectivity index (χ1v) is 9.78. The van der Waals surface area contributed by atoms with Crippen LogP contribution in [0.2, 0.25) is 0 Å². The van der Waals surface area contributed by atoms with Gasteiger partial charge in [-0.2, -0.15) is 0 Å². The molecular weight excluding hydrogens is 404 g/mol. The average Bonchev–Trinajstić information content (AvgIpc) is 3.33. The second kappa shape index (κ2) is 9.28. The van der Waals surface area contributed by atoms with Crippen LogP contribution in [0.25, 0.3) is 0 Å². The van der Waals surface area contributed by atoms with Crippen molar-refractivity contribution in [3.63, 3.8) is 0 Å². The summed E-state index contributed by atoms with van der Waals surface area (Å²) in [6, 6.07) is 16.9. The van der Waals surface area contributed by atoms with Crippen LogP contribution >= 0.6 is 12.4 Å². The highest BCUT2D eigenvalue weighted by Crippen LogP contribution is 2.32. The van der Waals surface area contributed by atoms with Crippen LogP contribution in [-0.4, -0.2) is 53.8 Å². The second-order valence-corrected chi connectivity index (χ2v) is 7.56. The highest BCUT2D eigenvalue weighted by atomic mass is 35.5. The second-order valence-electron chi connectivity index (χ2n) is 7.56. The minimum Gasteiger partial charge on any atom is -0.338 e. The summed E-state index contributed by atoms with van der Waals surface area (Å²) in [4.78, 5) is 39.4. The molecule has 4 rings (SSSR count). The fourth-order valence-corrected chi connectivity index (χ4v) is 4.09. The van der Waals surface area contributed by atoms with Gasteiger partial charge < -0.3 is 16.0 Å². The molecule has 0 saturated carbocycles. The van der Waals surface area contributed by atoms with Crippen LogP contribution in [0.5, 0.6) is 0 Å². The first-order valence-electron chi connectivity index (χ1n) is 9.78. The molecule has 3 N–H and O–H groups in total. The zero-order valence-electron chi connectivity index (χ0n) is 16.5. The number of hydrogen-bond acceptors (Lipinski definition) is 4. The molecule has 8 heteroatoms. The molecular formula is C22H25ClN4O3. The molecule has 2 atom stereocenters. The van der Waals surface area contributed by atoms with Crippen LogP contribution in [0.15, 0.2) is 54.6 Å². The van der Waals surface area contributed by atoms with E-state index in [1.54, 1.807) is 24.3 Å². The topological polar surface area (TPSA) is 95.7 Å². The largest absolute Gasteiger partial charge is 0.338 e. The molecule has 0 unspecified atom stereocenters. The van der Waals surface area contributed by atoms with Gasteiger partial charge in [0.1, 0.15) is 0 Å². The van der Waals surface area contributed by atoms with Crippen molar-refractivity contribution in [1.29, 1.82) is 0 Å². The Morgan fingerprint density at radius 1 is 1.03 bits per heavy atom. The number of nitrogens with two attached hydrogens (primary N) is 1. The zero-order valence-corrected chi connectivity index (χ0v) is 17.3. The van der Waals surface area contributed by atoms with Crippen molar-refractivity contribution in [2.24, 2.45) is 11.7 Å². The Balaban J connectivity index is 0.00000256. The van der Waals surface area contributed by atoms with Crippen LogP contribution in [0.4, 0.5) is 4.79 Å². The van der Waals surface area contributed by atoms with Gasteiger partial charge in [0.25, 0.3) is 5.91 Å². The van der Waals surface area contributed by atoms with Crippen molar-refractivity contribution in [3.8, 4) is 0 Å². The summed E-state index contributed by atoms with van der Waals surface area (Å²) in [5, 5.41) is 2.50. The van der Waals surface area contributed by atoms with E-state index in [1.807, 2.05) is 23.1 Å². The first kappa shape index (κ1) is 21.8. The summed E-state index contributed by atoms with van der Waals surface area (Å²) in [5.41, 5.74) is 8.58. The van der Waals surface area contributed by atoms with Crippen LogP contribution in [0.3, 0.4) is 0 Å². The standard InChI is InChI=1S/C22H24N4O3.ClH/c23-10-18-13-25(14-19(18)16-4-2-1-3-5-16)21(28)17-8-6-15(7-9-17)12-26-20(27)11-24-22(26)29;/h1-9,18-19H,10-14,23H2,(H,24,29);1H/t18-,19+;/m1./s1. The van der Waals surface area contributed by atoms with Crippen molar-refractivity contribution < 1.29 is 14.4 Å². The van der Waals surface area contributed by atoms with Crippen LogP contribution < -0.4 is 11.1 Å². The number of carbonyl (C=O) groups is 3. The number of imide groups is 1. The zero-order chi connectivity index (χ0) is 20.4. The predicted molar refractivity (Wildman–Crippen MR) is 115 cm³/mol. The van der Waals surface area contributed by atoms with Crippen molar-refractivity contribution in [3.05, 3.63) is 71.3 Å². The third kappa shape index (κ3) is 4.32. The van der Waals surface area contributed by atoms with Crippen molar-refractivity contribution in [2.45, 2.75) is 12.5 Å². The Bertz CT molecular complexity index is 904. The molecule has 30 heavy (non-hydrogen) atoms. The van der Waals surface area contributed by atoms with E-state index < -0.39 is 0 Å². The molecule has 2 aliphatic heterocycles. The van der Waals surface area contributed by atoms with E-state index in [4.69, 9.17) is 5.73 Å². The SMILES string of the molecule is Cl.NC[C@@H]1CN(C(=O)c2ccc(CN3C(=O)CNC3=O)cc2)C[C@H]1c1ccccc1. The van der Waals surface area contributed by atoms with E-state index in [0.717, 1.165) is 5.56 Å². The highest BCUT2D eigenvalue weighted by Gasteiger charge is 2.35. The Morgan fingerprint density at radius 2 is 1.73 bits per heavy atom. The maximum atomic E-state index is 13.0. The Hall–Kier alpha value is -2.90. The summed E-state index contributed by atoms with van der Waals surface area (Å²) in [6.07, 6.45) is 0. The molecule has 0 aliphatic carbocycles. The molecule has 2 aromatic carbocycles. The van der Waals surface area contributed by atoms with Gasteiger partial charge in [-0.25, -0.2) is 4.79 Å². The monoisotopic (exact) mass is 428 g/mol. The van der Waals surface area contributed by atoms with Gasteiger partial charge in [-0.15, -0.1) is 12.4 Å². The van der Waals surface area contributed by atoms with Crippen molar-refractivity contribution in [2.75, 3.05) is 26.2 Å². The average molecular weight is 429 g/mol. The molecule has 2 aromatic rings. The summed E-state index contributed by atoms with van der Waals surface area (Å²) < 4.78 is 0. The quantitative estimate of drug-likeness (QED) is 0.712. The summed E-state index contributed by atoms with van der Waals surface area (Å²) >= 11 is 0. The van der Waals surface area contributed by atoms with Crippen LogP contribution in [0, 0.1) is 5.92 Å². The number of nitrogens with zero attached hydrogens (tertiary/aromatic N) is 2. The number of urea groups is 1. The first-order chi connectivity index (χ1) is 14.1. The molecule has 4 amide bonds. The molecule has 0 spiro atoms. The van der Waals surface area contributed by atoms with Gasteiger partial charge in [0, 0.05) is 24.6 Å². The number of benzene rings is 2. The summed E-state index contributed by atoms with van der Waals surface area (Å²) in [5.74, 6) is 0.208. The number of amides is 4. The maximum absolute atomic E-state index is 13.0. The van der Waals surface area contributed by atoms with E-state index in [9.17, 15) is 14.4 Å². The van der Waals surface area contributed by atoms with Crippen LogP contribution in [0.1, 0.15) is 27.4 Å². The van der Waals surface area contributed by atoms with Crippen molar-refractivity contribution in [1.82, 2.24) is 15.1 Å². The van der Waals surface area contributed by atoms with Crippen molar-refractivity contribution >= 4 is 30.3 Å². The molecule has 158 valence electrons. The molecule has 0 radical (unpaired) electrons. The predicted octanol–water partition coefficient (Wildman–Crippen LogP) is 1.97. The van der Waals surface area contributed by atoms with E-state index in [2.05, 4.69) is 17.4 Å². The molecule has 0 aromatic heterocycles. The molecule has 0 bridgehead atoms. The maximum Gasteiger partial charge on any atom is 0.324 e. The van der Waals surface area contributed by atoms with Gasteiger partial charge in [0.05, 0.1) is 13.1 Å². The number of hydrogen-bond donors (Lipinski definition) is 2. The Labute approximate surface area is 181 Å². The number of nitrogens with one attached hydrogen (secondary N) is 1. The lowest BCUT2D eigenvalue weighted by Crippen LogP contribution is -2.31. The van der Waals surface area contributed by atoms with Gasteiger partial charge in [-0.3, -0.25) is 14.5 Å². The normalized spacial score (nSPS) is 20.8. The van der Waals surface area contributed by atoms with E-state index in [-0.39, 0.29) is 55.2 Å². The Kier molecular flexibility index (Phi) is 6.74. The van der Waals surface area contributed by atoms with Gasteiger partial charge in [0.2, 0.25) is 5.91 Å². The van der Waals surface area contributed by atoms with E-state index >= 15 is 0 Å². The number of likely N-dealkylation sites (tertiary alicyclic amines) is 1. The lowest BCUT2D eigenvalue weighted by atomic mass is 9.89. The minimum atomic E-state index is -0.382. The highest BCUT2D eigenvalue weighted by molar-refractivity contribution is 6.01. The van der Waals surface area contributed by atoms with Gasteiger partial charge in [0.15, 0.2) is 0 Å². The van der Waals surface area contributed by atoms with Gasteiger partial charge in [-0.1, -0.05) is 42.5 Å². The molecule has 2 heterocycles. The van der Waals surface area contributed by atoms with Crippen LogP contribution in [-0.2, 0) is 11.3 Å². The molecule has 2 fully saturated rings. The summed E-state index contributed by atoms with van der Waals surface area (Å²) in [7, 11) is 0. The molecule has 7 nitrogen and oxygen atoms in total. The fraction of sp³-hybridized carbons (Fsp3) is 0.318. The molecule has 2 aliphatic rings. The third-order valence-electron chi connectivity index (χ3n) is 5.74. The van der Waals surface area contributed by atoms with Gasteiger partial charge >= 0.3 is 6.03 Å². The number of carbonyl (C=O) groups excluding carboxylic acids is 3. The van der Waals surface area contributed by atoms with Gasteiger partial charge in [-0.05, 0) is 35.7 Å². The van der Waals surface area contributed by atoms with E-state index in [1.165, 1.54) is 10.5 Å². The number of rotatable bonds is 5. The number of halogens is 1.